The number of benzene rings is 1. The number of amides is 1. The lowest BCUT2D eigenvalue weighted by atomic mass is 9.90. The van der Waals surface area contributed by atoms with E-state index in [1.165, 1.54) is 6.07 Å². The fourth-order valence-electron chi connectivity index (χ4n) is 1.42. The summed E-state index contributed by atoms with van der Waals surface area (Å²) in [7, 11) is 3.50. The number of carbonyl (C=O) groups excluding carboxylic acids is 1. The first-order valence-electron chi connectivity index (χ1n) is 4.73. The van der Waals surface area contributed by atoms with Crippen molar-refractivity contribution >= 4 is 21.8 Å². The Bertz CT molecular complexity index is 422. The maximum absolute atomic E-state index is 13.1. The first-order chi connectivity index (χ1) is 7.30. The third-order valence-electron chi connectivity index (χ3n) is 2.86. The van der Waals surface area contributed by atoms with Gasteiger partial charge >= 0.3 is 0 Å². The standard InChI is InChI=1S/C11H14BrFN2O/c1-11(10(14)16,15(2)3)7-4-5-9(13)8(12)6-7/h4-6H,1-3H3,(H2,14,16). The molecule has 3 nitrogen and oxygen atoms in total. The minimum absolute atomic E-state index is 0.319. The zero-order chi connectivity index (χ0) is 12.5. The number of nitrogens with two attached hydrogens (primary N) is 1. The Morgan fingerprint density at radius 1 is 1.50 bits per heavy atom. The summed E-state index contributed by atoms with van der Waals surface area (Å²) in [5, 5.41) is 0. The molecular formula is C11H14BrFN2O. The van der Waals surface area contributed by atoms with Crippen molar-refractivity contribution in [2.24, 2.45) is 5.73 Å². The molecule has 0 fully saturated rings. The Morgan fingerprint density at radius 3 is 2.44 bits per heavy atom. The molecule has 1 unspecified atom stereocenters. The third-order valence-corrected chi connectivity index (χ3v) is 3.46. The van der Waals surface area contributed by atoms with Crippen molar-refractivity contribution in [3.63, 3.8) is 0 Å². The monoisotopic (exact) mass is 288 g/mol. The van der Waals surface area contributed by atoms with Crippen LogP contribution < -0.4 is 5.73 Å². The molecule has 0 spiro atoms. The molecule has 5 heteroatoms. The molecule has 1 aromatic rings. The van der Waals surface area contributed by atoms with Gasteiger partial charge in [0.05, 0.1) is 4.47 Å². The predicted molar refractivity (Wildman–Crippen MR) is 64.3 cm³/mol. The predicted octanol–water partition coefficient (Wildman–Crippen LogP) is 1.85. The Kier molecular flexibility index (Phi) is 3.70. The van der Waals surface area contributed by atoms with Gasteiger partial charge in [-0.25, -0.2) is 4.39 Å². The molecule has 0 bridgehead atoms. The number of nitrogens with zero attached hydrogens (tertiary/aromatic N) is 1. The number of hydrogen-bond donors (Lipinski definition) is 1. The summed E-state index contributed by atoms with van der Waals surface area (Å²) in [5.41, 5.74) is 5.11. The number of rotatable bonds is 3. The average Bonchev–Trinajstić information content (AvgIpc) is 2.20. The van der Waals surface area contributed by atoms with Crippen molar-refractivity contribution < 1.29 is 9.18 Å². The second-order valence-electron chi connectivity index (χ2n) is 3.96. The summed E-state index contributed by atoms with van der Waals surface area (Å²) in [6, 6.07) is 4.44. The van der Waals surface area contributed by atoms with Crippen LogP contribution in [0.25, 0.3) is 0 Å². The highest BCUT2D eigenvalue weighted by molar-refractivity contribution is 9.10. The zero-order valence-electron chi connectivity index (χ0n) is 9.42. The van der Waals surface area contributed by atoms with E-state index in [1.54, 1.807) is 38.1 Å². The molecule has 0 saturated heterocycles. The van der Waals surface area contributed by atoms with Crippen LogP contribution in [0.1, 0.15) is 12.5 Å². The lowest BCUT2D eigenvalue weighted by molar-refractivity contribution is -0.128. The topological polar surface area (TPSA) is 46.3 Å². The van der Waals surface area contributed by atoms with E-state index >= 15 is 0 Å². The summed E-state index contributed by atoms with van der Waals surface area (Å²) >= 11 is 3.09. The van der Waals surface area contributed by atoms with Gasteiger partial charge in [0.2, 0.25) is 5.91 Å². The van der Waals surface area contributed by atoms with E-state index in [9.17, 15) is 9.18 Å². The van der Waals surface area contributed by atoms with E-state index in [0.717, 1.165) is 0 Å². The van der Waals surface area contributed by atoms with Crippen LogP contribution in [0.3, 0.4) is 0 Å². The third kappa shape index (κ3) is 2.10. The summed E-state index contributed by atoms with van der Waals surface area (Å²) < 4.78 is 13.4. The highest BCUT2D eigenvalue weighted by atomic mass is 79.9. The minimum atomic E-state index is -0.948. The Labute approximate surface area is 103 Å². The molecule has 0 heterocycles. The van der Waals surface area contributed by atoms with Crippen molar-refractivity contribution in [3.05, 3.63) is 34.1 Å². The minimum Gasteiger partial charge on any atom is -0.368 e. The van der Waals surface area contributed by atoms with Crippen LogP contribution >= 0.6 is 15.9 Å². The Morgan fingerprint density at radius 2 is 2.06 bits per heavy atom. The number of carbonyl (C=O) groups is 1. The molecule has 0 saturated carbocycles. The number of hydrogen-bond acceptors (Lipinski definition) is 2. The van der Waals surface area contributed by atoms with Crippen molar-refractivity contribution in [2.45, 2.75) is 12.5 Å². The molecule has 88 valence electrons. The second kappa shape index (κ2) is 4.51. The molecule has 0 aliphatic heterocycles. The largest absolute Gasteiger partial charge is 0.368 e. The Balaban J connectivity index is 3.33. The van der Waals surface area contributed by atoms with Gasteiger partial charge in [0, 0.05) is 0 Å². The Hall–Kier alpha value is -0.940. The second-order valence-corrected chi connectivity index (χ2v) is 4.81. The van der Waals surface area contributed by atoms with E-state index in [1.807, 2.05) is 0 Å². The van der Waals surface area contributed by atoms with Crippen LogP contribution in [0.2, 0.25) is 0 Å². The van der Waals surface area contributed by atoms with Gasteiger partial charge in [0.15, 0.2) is 0 Å². The van der Waals surface area contributed by atoms with Gasteiger partial charge in [-0.05, 0) is 54.6 Å². The molecule has 1 aromatic carbocycles. The highest BCUT2D eigenvalue weighted by Crippen LogP contribution is 2.29. The van der Waals surface area contributed by atoms with Crippen LogP contribution in [0.4, 0.5) is 4.39 Å². The van der Waals surface area contributed by atoms with Crippen molar-refractivity contribution in [3.8, 4) is 0 Å². The first kappa shape index (κ1) is 13.1. The van der Waals surface area contributed by atoms with Gasteiger partial charge in [-0.3, -0.25) is 9.69 Å². The number of likely N-dealkylation sites (N-methyl/N-ethyl adjacent to an activating group) is 1. The maximum Gasteiger partial charge on any atom is 0.242 e. The highest BCUT2D eigenvalue weighted by Gasteiger charge is 2.35. The molecule has 2 N–H and O–H groups in total. The molecule has 1 atom stereocenters. The maximum atomic E-state index is 13.1. The summed E-state index contributed by atoms with van der Waals surface area (Å²) in [4.78, 5) is 13.2. The van der Waals surface area contributed by atoms with Gasteiger partial charge in [-0.2, -0.15) is 0 Å². The van der Waals surface area contributed by atoms with Crippen LogP contribution in [-0.4, -0.2) is 24.9 Å². The molecule has 0 aliphatic rings. The normalized spacial score (nSPS) is 14.9. The van der Waals surface area contributed by atoms with Crippen LogP contribution in [0.15, 0.2) is 22.7 Å². The average molecular weight is 289 g/mol. The van der Waals surface area contributed by atoms with Gasteiger partial charge in [0.1, 0.15) is 11.4 Å². The molecular weight excluding hydrogens is 275 g/mol. The number of halogens is 2. The van der Waals surface area contributed by atoms with Crippen LogP contribution in [-0.2, 0) is 10.3 Å². The summed E-state index contributed by atoms with van der Waals surface area (Å²) in [6.07, 6.45) is 0. The van der Waals surface area contributed by atoms with E-state index in [4.69, 9.17) is 5.73 Å². The molecule has 16 heavy (non-hydrogen) atoms. The fourth-order valence-corrected chi connectivity index (χ4v) is 1.80. The lowest BCUT2D eigenvalue weighted by Gasteiger charge is -2.33. The lowest BCUT2D eigenvalue weighted by Crippen LogP contribution is -2.49. The zero-order valence-corrected chi connectivity index (χ0v) is 11.0. The van der Waals surface area contributed by atoms with Crippen LogP contribution in [0.5, 0.6) is 0 Å². The van der Waals surface area contributed by atoms with E-state index in [2.05, 4.69) is 15.9 Å². The molecule has 1 rings (SSSR count). The van der Waals surface area contributed by atoms with Crippen molar-refractivity contribution in [1.82, 2.24) is 4.90 Å². The van der Waals surface area contributed by atoms with E-state index < -0.39 is 11.4 Å². The van der Waals surface area contributed by atoms with Gasteiger partial charge in [0.25, 0.3) is 0 Å². The van der Waals surface area contributed by atoms with Gasteiger partial charge in [-0.1, -0.05) is 6.07 Å². The fraction of sp³-hybridized carbons (Fsp3) is 0.364. The number of primary amides is 1. The van der Waals surface area contributed by atoms with Crippen LogP contribution in [0, 0.1) is 5.82 Å². The van der Waals surface area contributed by atoms with Gasteiger partial charge in [-0.15, -0.1) is 0 Å². The van der Waals surface area contributed by atoms with Crippen molar-refractivity contribution in [1.29, 1.82) is 0 Å². The molecule has 1 amide bonds. The quantitative estimate of drug-likeness (QED) is 0.923. The van der Waals surface area contributed by atoms with Crippen molar-refractivity contribution in [2.75, 3.05) is 14.1 Å². The smallest absolute Gasteiger partial charge is 0.242 e. The molecule has 0 aliphatic carbocycles. The summed E-state index contributed by atoms with van der Waals surface area (Å²) in [5.74, 6) is -0.842. The van der Waals surface area contributed by atoms with E-state index in [-0.39, 0.29) is 5.82 Å². The molecule has 0 radical (unpaired) electrons. The van der Waals surface area contributed by atoms with Gasteiger partial charge < -0.3 is 5.73 Å². The molecule has 0 aromatic heterocycles. The first-order valence-corrected chi connectivity index (χ1v) is 5.52. The van der Waals surface area contributed by atoms with E-state index in [0.29, 0.717) is 10.0 Å². The summed E-state index contributed by atoms with van der Waals surface area (Å²) in [6.45, 7) is 1.70. The SMILES string of the molecule is CN(C)C(C)(C(N)=O)c1ccc(F)c(Br)c1.